The summed E-state index contributed by atoms with van der Waals surface area (Å²) < 4.78 is 5.64. The molecule has 3 atom stereocenters. The summed E-state index contributed by atoms with van der Waals surface area (Å²) in [6.07, 6.45) is 5.02. The molecule has 4 nitrogen and oxygen atoms in total. The van der Waals surface area contributed by atoms with E-state index in [-0.39, 0.29) is 30.1 Å². The van der Waals surface area contributed by atoms with Gasteiger partial charge in [0.2, 0.25) is 5.91 Å². The zero-order chi connectivity index (χ0) is 24.3. The first-order chi connectivity index (χ1) is 16.2. The SMILES string of the molecule is CC(C)(C)OC(=O)C[C@H](C(=O)N1CCC[C@@H](Cc2ccc(Cl)cc2)C1)[C@H]1CCc2ccccc21. The second kappa shape index (κ2) is 10.5. The molecular formula is C29H36ClNO3. The number of halogens is 1. The van der Waals surface area contributed by atoms with Crippen molar-refractivity contribution in [3.63, 3.8) is 0 Å². The van der Waals surface area contributed by atoms with E-state index in [4.69, 9.17) is 16.3 Å². The van der Waals surface area contributed by atoms with Gasteiger partial charge in [-0.25, -0.2) is 0 Å². The molecule has 34 heavy (non-hydrogen) atoms. The summed E-state index contributed by atoms with van der Waals surface area (Å²) in [5, 5.41) is 0.742. The molecule has 5 heteroatoms. The van der Waals surface area contributed by atoms with Crippen molar-refractivity contribution in [2.75, 3.05) is 13.1 Å². The Morgan fingerprint density at radius 3 is 2.56 bits per heavy atom. The lowest BCUT2D eigenvalue weighted by atomic mass is 9.82. The highest BCUT2D eigenvalue weighted by Crippen LogP contribution is 2.41. The van der Waals surface area contributed by atoms with Crippen LogP contribution in [0.25, 0.3) is 0 Å². The number of nitrogens with zero attached hydrogens (tertiary/aromatic N) is 1. The van der Waals surface area contributed by atoms with Crippen LogP contribution in [0, 0.1) is 11.8 Å². The molecule has 1 saturated heterocycles. The summed E-state index contributed by atoms with van der Waals surface area (Å²) in [6, 6.07) is 16.4. The monoisotopic (exact) mass is 481 g/mol. The maximum absolute atomic E-state index is 13.9. The molecule has 2 aromatic rings. The molecule has 0 radical (unpaired) electrons. The Hall–Kier alpha value is -2.33. The summed E-state index contributed by atoms with van der Waals surface area (Å²) in [7, 11) is 0. The molecule has 0 saturated carbocycles. The van der Waals surface area contributed by atoms with E-state index < -0.39 is 5.60 Å². The molecule has 0 unspecified atom stereocenters. The molecule has 1 heterocycles. The Bertz CT molecular complexity index is 1010. The van der Waals surface area contributed by atoms with Crippen molar-refractivity contribution in [1.29, 1.82) is 0 Å². The van der Waals surface area contributed by atoms with Crippen LogP contribution in [-0.4, -0.2) is 35.5 Å². The first-order valence-corrected chi connectivity index (χ1v) is 12.9. The second-order valence-corrected chi connectivity index (χ2v) is 11.3. The molecule has 0 aromatic heterocycles. The fraction of sp³-hybridized carbons (Fsp3) is 0.517. The topological polar surface area (TPSA) is 46.6 Å². The lowest BCUT2D eigenvalue weighted by molar-refractivity contribution is -0.159. The fourth-order valence-corrected chi connectivity index (χ4v) is 5.72. The maximum Gasteiger partial charge on any atom is 0.307 e. The first kappa shape index (κ1) is 24.8. The number of aryl methyl sites for hydroxylation is 1. The van der Waals surface area contributed by atoms with Crippen molar-refractivity contribution in [2.24, 2.45) is 11.8 Å². The minimum atomic E-state index is -0.562. The number of carbonyl (C=O) groups is 2. The number of likely N-dealkylation sites (tertiary alicyclic amines) is 1. The Kier molecular flexibility index (Phi) is 7.67. The van der Waals surface area contributed by atoms with Crippen LogP contribution in [0.5, 0.6) is 0 Å². The number of esters is 1. The summed E-state index contributed by atoms with van der Waals surface area (Å²) in [5.74, 6) is -0.0871. The third-order valence-corrected chi connectivity index (χ3v) is 7.31. The molecule has 182 valence electrons. The summed E-state index contributed by atoms with van der Waals surface area (Å²) in [4.78, 5) is 28.8. The zero-order valence-electron chi connectivity index (χ0n) is 20.6. The highest BCUT2D eigenvalue weighted by Gasteiger charge is 2.39. The standard InChI is InChI=1S/C29H36ClNO3/c1-29(2,3)34-27(32)18-26(25-15-12-22-8-4-5-9-24(22)25)28(33)31-16-6-7-21(19-31)17-20-10-13-23(30)14-11-20/h4-5,8-11,13-14,21,25-26H,6-7,12,15-19H2,1-3H3/t21-,25-,26-/m0/s1. The third kappa shape index (κ3) is 6.21. The van der Waals surface area contributed by atoms with E-state index >= 15 is 0 Å². The molecule has 0 spiro atoms. The number of hydrogen-bond donors (Lipinski definition) is 0. The average molecular weight is 482 g/mol. The van der Waals surface area contributed by atoms with Crippen LogP contribution in [0.3, 0.4) is 0 Å². The van der Waals surface area contributed by atoms with Gasteiger partial charge in [0.15, 0.2) is 0 Å². The van der Waals surface area contributed by atoms with Crippen molar-refractivity contribution in [2.45, 2.75) is 70.8 Å². The number of rotatable bonds is 6. The average Bonchev–Trinajstić information content (AvgIpc) is 3.21. The van der Waals surface area contributed by atoms with Gasteiger partial charge in [0, 0.05) is 18.1 Å². The lowest BCUT2D eigenvalue weighted by Crippen LogP contribution is -2.45. The van der Waals surface area contributed by atoms with E-state index in [1.165, 1.54) is 16.7 Å². The van der Waals surface area contributed by atoms with Gasteiger partial charge >= 0.3 is 5.97 Å². The van der Waals surface area contributed by atoms with Crippen LogP contribution in [0.4, 0.5) is 0 Å². The maximum atomic E-state index is 13.9. The largest absolute Gasteiger partial charge is 0.460 e. The minimum Gasteiger partial charge on any atom is -0.460 e. The Morgan fingerprint density at radius 1 is 1.09 bits per heavy atom. The van der Waals surface area contributed by atoms with Gasteiger partial charge in [0.1, 0.15) is 5.60 Å². The Morgan fingerprint density at radius 2 is 1.82 bits per heavy atom. The number of piperidine rings is 1. The predicted molar refractivity (Wildman–Crippen MR) is 136 cm³/mol. The van der Waals surface area contributed by atoms with Gasteiger partial charge in [-0.15, -0.1) is 0 Å². The van der Waals surface area contributed by atoms with Crippen LogP contribution >= 0.6 is 11.6 Å². The first-order valence-electron chi connectivity index (χ1n) is 12.5. The van der Waals surface area contributed by atoms with Crippen molar-refractivity contribution >= 4 is 23.5 Å². The van der Waals surface area contributed by atoms with Crippen LogP contribution in [0.15, 0.2) is 48.5 Å². The Balaban J connectivity index is 1.51. The summed E-state index contributed by atoms with van der Waals surface area (Å²) in [5.41, 5.74) is 3.21. The van der Waals surface area contributed by atoms with Crippen LogP contribution in [-0.2, 0) is 27.2 Å². The molecule has 2 aromatic carbocycles. The highest BCUT2D eigenvalue weighted by molar-refractivity contribution is 6.30. The van der Waals surface area contributed by atoms with Gasteiger partial charge in [0.05, 0.1) is 12.3 Å². The van der Waals surface area contributed by atoms with Crippen LogP contribution in [0.2, 0.25) is 5.02 Å². The molecular weight excluding hydrogens is 446 g/mol. The van der Waals surface area contributed by atoms with Gasteiger partial charge in [0.25, 0.3) is 0 Å². The molecule has 0 N–H and O–H groups in total. The molecule has 1 fully saturated rings. The van der Waals surface area contributed by atoms with E-state index in [1.54, 1.807) is 0 Å². The van der Waals surface area contributed by atoms with E-state index in [2.05, 4.69) is 30.3 Å². The normalized spacial score (nSPS) is 21.1. The van der Waals surface area contributed by atoms with Crippen molar-refractivity contribution in [3.8, 4) is 0 Å². The number of amides is 1. The van der Waals surface area contributed by atoms with Gasteiger partial charge in [-0.05, 0) is 93.5 Å². The van der Waals surface area contributed by atoms with Gasteiger partial charge in [-0.1, -0.05) is 48.0 Å². The third-order valence-electron chi connectivity index (χ3n) is 7.06. The van der Waals surface area contributed by atoms with Crippen molar-refractivity contribution < 1.29 is 14.3 Å². The molecule has 2 aliphatic rings. The van der Waals surface area contributed by atoms with Gasteiger partial charge in [-0.2, -0.15) is 0 Å². The number of fused-ring (bicyclic) bond motifs is 1. The Labute approximate surface area is 208 Å². The summed E-state index contributed by atoms with van der Waals surface area (Å²) in [6.45, 7) is 7.12. The quantitative estimate of drug-likeness (QED) is 0.461. The molecule has 1 aliphatic heterocycles. The molecule has 1 amide bonds. The number of benzene rings is 2. The zero-order valence-corrected chi connectivity index (χ0v) is 21.3. The second-order valence-electron chi connectivity index (χ2n) is 10.9. The fourth-order valence-electron chi connectivity index (χ4n) is 5.59. The summed E-state index contributed by atoms with van der Waals surface area (Å²) >= 11 is 6.04. The minimum absolute atomic E-state index is 0.0628. The van der Waals surface area contributed by atoms with Gasteiger partial charge in [-0.3, -0.25) is 9.59 Å². The predicted octanol–water partition coefficient (Wildman–Crippen LogP) is 6.20. The smallest absolute Gasteiger partial charge is 0.307 e. The molecule has 0 bridgehead atoms. The van der Waals surface area contributed by atoms with Crippen LogP contribution in [0.1, 0.15) is 69.1 Å². The van der Waals surface area contributed by atoms with E-state index in [0.29, 0.717) is 5.92 Å². The molecule has 1 aliphatic carbocycles. The number of carbonyl (C=O) groups excluding carboxylic acids is 2. The highest BCUT2D eigenvalue weighted by atomic mass is 35.5. The van der Waals surface area contributed by atoms with E-state index in [0.717, 1.165) is 50.2 Å². The van der Waals surface area contributed by atoms with Gasteiger partial charge < -0.3 is 9.64 Å². The van der Waals surface area contributed by atoms with Crippen LogP contribution < -0.4 is 0 Å². The van der Waals surface area contributed by atoms with Crippen molar-refractivity contribution in [3.05, 3.63) is 70.2 Å². The number of hydrogen-bond acceptors (Lipinski definition) is 3. The van der Waals surface area contributed by atoms with E-state index in [9.17, 15) is 9.59 Å². The molecule has 4 rings (SSSR count). The van der Waals surface area contributed by atoms with Crippen molar-refractivity contribution in [1.82, 2.24) is 4.90 Å². The van der Waals surface area contributed by atoms with E-state index in [1.807, 2.05) is 43.9 Å². The number of ether oxygens (including phenoxy) is 1. The lowest BCUT2D eigenvalue weighted by Gasteiger charge is -2.36.